The van der Waals surface area contributed by atoms with Crippen LogP contribution >= 0.6 is 11.6 Å². The topological polar surface area (TPSA) is 89.2 Å². The second-order valence-corrected chi connectivity index (χ2v) is 9.31. The minimum atomic E-state index is -0.798. The predicted molar refractivity (Wildman–Crippen MR) is 131 cm³/mol. The molecule has 182 valence electrons. The SMILES string of the molecule is COc1ccccc1C1C(C(=O)c2cc3cc(Cl)cc(OC)c3o2)=C(O)C(=O)N1C1CCCCC1. The summed E-state index contributed by atoms with van der Waals surface area (Å²) in [5.41, 5.74) is 0.981. The number of fused-ring (bicyclic) bond motifs is 1. The molecule has 1 aliphatic carbocycles. The van der Waals surface area contributed by atoms with Crippen LogP contribution in [0.25, 0.3) is 11.0 Å². The molecular weight excluding hydrogens is 470 g/mol. The second-order valence-electron chi connectivity index (χ2n) is 8.88. The fourth-order valence-corrected chi connectivity index (χ4v) is 5.49. The lowest BCUT2D eigenvalue weighted by molar-refractivity contribution is -0.132. The summed E-state index contributed by atoms with van der Waals surface area (Å²) in [6.07, 6.45) is 4.70. The van der Waals surface area contributed by atoms with Crippen molar-refractivity contribution in [2.75, 3.05) is 14.2 Å². The molecule has 1 amide bonds. The van der Waals surface area contributed by atoms with Gasteiger partial charge in [0.15, 0.2) is 22.9 Å². The molecule has 3 aromatic rings. The zero-order valence-electron chi connectivity index (χ0n) is 19.5. The zero-order chi connectivity index (χ0) is 24.7. The molecule has 1 aliphatic heterocycles. The standard InChI is InChI=1S/C27H26ClNO6/c1-33-19-11-7-6-10-18(19)23-22(25(31)27(32)29(23)17-8-4-3-5-9-17)24(30)20-13-15-12-16(28)14-21(34-2)26(15)35-20/h6-7,10-14,17,23,31H,3-5,8-9H2,1-2H3. The maximum absolute atomic E-state index is 13.9. The highest BCUT2D eigenvalue weighted by Crippen LogP contribution is 2.46. The Morgan fingerprint density at radius 1 is 1.06 bits per heavy atom. The van der Waals surface area contributed by atoms with Crippen LogP contribution < -0.4 is 9.47 Å². The highest BCUT2D eigenvalue weighted by molar-refractivity contribution is 6.31. The summed E-state index contributed by atoms with van der Waals surface area (Å²) < 4.78 is 16.8. The van der Waals surface area contributed by atoms with Crippen molar-refractivity contribution >= 4 is 34.3 Å². The van der Waals surface area contributed by atoms with E-state index in [2.05, 4.69) is 0 Å². The van der Waals surface area contributed by atoms with Gasteiger partial charge in [-0.05, 0) is 31.0 Å². The van der Waals surface area contributed by atoms with Gasteiger partial charge in [-0.2, -0.15) is 0 Å². The largest absolute Gasteiger partial charge is 0.503 e. The molecule has 2 aromatic carbocycles. The Bertz CT molecular complexity index is 1340. The average molecular weight is 496 g/mol. The lowest BCUT2D eigenvalue weighted by Gasteiger charge is -2.36. The summed E-state index contributed by atoms with van der Waals surface area (Å²) >= 11 is 6.18. The zero-order valence-corrected chi connectivity index (χ0v) is 20.3. The van der Waals surface area contributed by atoms with Crippen LogP contribution in [0.15, 0.2) is 58.2 Å². The first-order chi connectivity index (χ1) is 16.9. The number of hydrogen-bond donors (Lipinski definition) is 1. The number of halogens is 1. The normalized spacial score (nSPS) is 19.0. The number of carbonyl (C=O) groups excluding carboxylic acids is 2. The second kappa shape index (κ2) is 9.30. The van der Waals surface area contributed by atoms with E-state index in [9.17, 15) is 14.7 Å². The van der Waals surface area contributed by atoms with Gasteiger partial charge >= 0.3 is 0 Å². The Balaban J connectivity index is 1.65. The number of nitrogens with zero attached hydrogens (tertiary/aromatic N) is 1. The molecule has 7 nitrogen and oxygen atoms in total. The van der Waals surface area contributed by atoms with Gasteiger partial charge in [0.05, 0.1) is 25.8 Å². The van der Waals surface area contributed by atoms with E-state index in [0.717, 1.165) is 32.1 Å². The van der Waals surface area contributed by atoms with Gasteiger partial charge in [0, 0.05) is 28.1 Å². The molecule has 1 atom stereocenters. The van der Waals surface area contributed by atoms with Crippen LogP contribution in [0.1, 0.15) is 54.3 Å². The third-order valence-corrected chi connectivity index (χ3v) is 7.10. The monoisotopic (exact) mass is 495 g/mol. The van der Waals surface area contributed by atoms with Crippen LogP contribution in [0, 0.1) is 0 Å². The molecule has 1 aromatic heterocycles. The molecule has 1 N–H and O–H groups in total. The number of aliphatic hydroxyl groups is 1. The molecule has 0 bridgehead atoms. The number of benzene rings is 2. The van der Waals surface area contributed by atoms with Crippen molar-refractivity contribution in [3.8, 4) is 11.5 Å². The molecule has 1 saturated carbocycles. The van der Waals surface area contributed by atoms with Crippen LogP contribution in [0.2, 0.25) is 5.02 Å². The molecule has 1 unspecified atom stereocenters. The number of ether oxygens (including phenoxy) is 2. The van der Waals surface area contributed by atoms with E-state index in [1.54, 1.807) is 36.3 Å². The number of Topliss-reactive ketones (excluding diaryl/α,β-unsaturated/α-hetero) is 1. The van der Waals surface area contributed by atoms with E-state index < -0.39 is 23.5 Å². The molecule has 8 heteroatoms. The lowest BCUT2D eigenvalue weighted by atomic mass is 9.90. The summed E-state index contributed by atoms with van der Waals surface area (Å²) in [5.74, 6) is -0.767. The molecule has 35 heavy (non-hydrogen) atoms. The fraction of sp³-hybridized carbons (Fsp3) is 0.333. The van der Waals surface area contributed by atoms with Crippen molar-refractivity contribution in [1.82, 2.24) is 4.90 Å². The number of ketones is 1. The van der Waals surface area contributed by atoms with E-state index >= 15 is 0 Å². The number of para-hydroxylation sites is 1. The molecule has 0 spiro atoms. The predicted octanol–water partition coefficient (Wildman–Crippen LogP) is 6.01. The smallest absolute Gasteiger partial charge is 0.290 e. The van der Waals surface area contributed by atoms with Crippen molar-refractivity contribution < 1.29 is 28.6 Å². The van der Waals surface area contributed by atoms with Crippen molar-refractivity contribution in [2.24, 2.45) is 0 Å². The minimum absolute atomic E-state index is 0.0136. The number of hydrogen-bond acceptors (Lipinski definition) is 6. The fourth-order valence-electron chi connectivity index (χ4n) is 5.27. The Kier molecular flexibility index (Phi) is 6.19. The maximum Gasteiger partial charge on any atom is 0.290 e. The molecule has 5 rings (SSSR count). The Morgan fingerprint density at radius 3 is 2.49 bits per heavy atom. The van der Waals surface area contributed by atoms with Crippen LogP contribution in [0.4, 0.5) is 0 Å². The molecule has 2 aliphatic rings. The van der Waals surface area contributed by atoms with Gasteiger partial charge in [-0.1, -0.05) is 49.1 Å². The van der Waals surface area contributed by atoms with Gasteiger partial charge in [-0.25, -0.2) is 0 Å². The third-order valence-electron chi connectivity index (χ3n) is 6.88. The van der Waals surface area contributed by atoms with Crippen LogP contribution in [0.3, 0.4) is 0 Å². The summed E-state index contributed by atoms with van der Waals surface area (Å²) in [5, 5.41) is 12.1. The van der Waals surface area contributed by atoms with Gasteiger partial charge in [-0.15, -0.1) is 0 Å². The quantitative estimate of drug-likeness (QED) is 0.421. The Hall–Kier alpha value is -3.45. The number of rotatable bonds is 6. The van der Waals surface area contributed by atoms with Gasteiger partial charge in [0.2, 0.25) is 5.78 Å². The number of methoxy groups -OCH3 is 2. The molecule has 1 fully saturated rings. The number of furan rings is 1. The van der Waals surface area contributed by atoms with E-state index in [-0.39, 0.29) is 17.4 Å². The Morgan fingerprint density at radius 2 is 1.77 bits per heavy atom. The van der Waals surface area contributed by atoms with Gasteiger partial charge < -0.3 is 23.9 Å². The van der Waals surface area contributed by atoms with E-state index in [4.69, 9.17) is 25.5 Å². The van der Waals surface area contributed by atoms with Crippen molar-refractivity contribution in [3.05, 3.63) is 70.1 Å². The average Bonchev–Trinajstić information content (AvgIpc) is 3.42. The summed E-state index contributed by atoms with van der Waals surface area (Å²) in [6.45, 7) is 0. The maximum atomic E-state index is 13.9. The first-order valence-corrected chi connectivity index (χ1v) is 12.0. The molecule has 2 heterocycles. The van der Waals surface area contributed by atoms with Crippen molar-refractivity contribution in [2.45, 2.75) is 44.2 Å². The van der Waals surface area contributed by atoms with Gasteiger partial charge in [0.25, 0.3) is 5.91 Å². The number of amides is 1. The van der Waals surface area contributed by atoms with E-state index in [1.807, 2.05) is 18.2 Å². The third kappa shape index (κ3) is 3.93. The van der Waals surface area contributed by atoms with Gasteiger partial charge in [-0.3, -0.25) is 9.59 Å². The Labute approximate surface area is 207 Å². The summed E-state index contributed by atoms with van der Waals surface area (Å²) in [7, 11) is 3.03. The first-order valence-electron chi connectivity index (χ1n) is 11.6. The van der Waals surface area contributed by atoms with Crippen molar-refractivity contribution in [1.29, 1.82) is 0 Å². The number of carbonyl (C=O) groups is 2. The van der Waals surface area contributed by atoms with Gasteiger partial charge in [0.1, 0.15) is 5.75 Å². The lowest BCUT2D eigenvalue weighted by Crippen LogP contribution is -2.41. The van der Waals surface area contributed by atoms with Crippen LogP contribution in [0.5, 0.6) is 11.5 Å². The first kappa shape index (κ1) is 23.3. The van der Waals surface area contributed by atoms with Crippen molar-refractivity contribution in [3.63, 3.8) is 0 Å². The van der Waals surface area contributed by atoms with Crippen LogP contribution in [-0.4, -0.2) is 42.0 Å². The molecule has 0 saturated heterocycles. The molecule has 0 radical (unpaired) electrons. The number of aliphatic hydroxyl groups excluding tert-OH is 1. The van der Waals surface area contributed by atoms with E-state index in [1.165, 1.54) is 7.11 Å². The summed E-state index contributed by atoms with van der Waals surface area (Å²) in [6, 6.07) is 11.2. The highest BCUT2D eigenvalue weighted by atomic mass is 35.5. The highest BCUT2D eigenvalue weighted by Gasteiger charge is 2.48. The molecular formula is C27H26ClNO6. The summed E-state index contributed by atoms with van der Waals surface area (Å²) in [4.78, 5) is 28.9. The minimum Gasteiger partial charge on any atom is -0.503 e. The van der Waals surface area contributed by atoms with Crippen LogP contribution in [-0.2, 0) is 4.79 Å². The van der Waals surface area contributed by atoms with E-state index in [0.29, 0.717) is 33.1 Å².